The lowest BCUT2D eigenvalue weighted by Crippen LogP contribution is -2.33. The molecule has 0 saturated heterocycles. The van der Waals surface area contributed by atoms with Gasteiger partial charge in [-0.1, -0.05) is 41.9 Å². The van der Waals surface area contributed by atoms with Crippen molar-refractivity contribution in [2.75, 3.05) is 6.54 Å². The molecular formula is C12H19BrN2. The average molecular weight is 271 g/mol. The van der Waals surface area contributed by atoms with E-state index in [1.165, 1.54) is 11.1 Å². The fraction of sp³-hybridized carbons (Fsp3) is 0.500. The minimum Gasteiger partial charge on any atom is -0.329 e. The van der Waals surface area contributed by atoms with Gasteiger partial charge in [-0.05, 0) is 24.1 Å². The van der Waals surface area contributed by atoms with Crippen LogP contribution in [0.25, 0.3) is 0 Å². The second-order valence-corrected chi connectivity index (χ2v) is 4.99. The van der Waals surface area contributed by atoms with E-state index in [1.54, 1.807) is 0 Å². The Balaban J connectivity index is 2.91. The van der Waals surface area contributed by atoms with Gasteiger partial charge in [0.15, 0.2) is 0 Å². The molecule has 0 heterocycles. The number of hydrogen-bond acceptors (Lipinski definition) is 2. The Labute approximate surface area is 100 Å². The van der Waals surface area contributed by atoms with Gasteiger partial charge in [-0.25, -0.2) is 0 Å². The quantitative estimate of drug-likeness (QED) is 0.883. The van der Waals surface area contributed by atoms with Gasteiger partial charge in [0.2, 0.25) is 0 Å². The summed E-state index contributed by atoms with van der Waals surface area (Å²) in [4.78, 5) is 0. The highest BCUT2D eigenvalue weighted by molar-refractivity contribution is 9.10. The van der Waals surface area contributed by atoms with E-state index in [0.29, 0.717) is 12.6 Å². The van der Waals surface area contributed by atoms with Crippen LogP contribution in [0.15, 0.2) is 22.7 Å². The van der Waals surface area contributed by atoms with Crippen LogP contribution in [0.2, 0.25) is 0 Å². The fourth-order valence-corrected chi connectivity index (χ4v) is 2.37. The Morgan fingerprint density at radius 1 is 1.40 bits per heavy atom. The Kier molecular flexibility index (Phi) is 4.77. The van der Waals surface area contributed by atoms with Crippen LogP contribution in [0, 0.1) is 6.92 Å². The van der Waals surface area contributed by atoms with Gasteiger partial charge < -0.3 is 11.1 Å². The molecule has 0 amide bonds. The summed E-state index contributed by atoms with van der Waals surface area (Å²) in [6, 6.07) is 7.03. The molecule has 0 bridgehead atoms. The van der Waals surface area contributed by atoms with Crippen LogP contribution >= 0.6 is 15.9 Å². The topological polar surface area (TPSA) is 38.0 Å². The number of aryl methyl sites for hydroxylation is 1. The molecule has 0 spiro atoms. The van der Waals surface area contributed by atoms with E-state index in [-0.39, 0.29) is 6.04 Å². The maximum Gasteiger partial charge on any atom is 0.0457 e. The van der Waals surface area contributed by atoms with Gasteiger partial charge >= 0.3 is 0 Å². The zero-order valence-corrected chi connectivity index (χ0v) is 11.1. The molecule has 0 aliphatic rings. The zero-order chi connectivity index (χ0) is 11.4. The monoisotopic (exact) mass is 270 g/mol. The van der Waals surface area contributed by atoms with Crippen LogP contribution in [-0.2, 0) is 0 Å². The van der Waals surface area contributed by atoms with E-state index >= 15 is 0 Å². The van der Waals surface area contributed by atoms with Crippen molar-refractivity contribution in [2.45, 2.75) is 32.9 Å². The molecule has 84 valence electrons. The van der Waals surface area contributed by atoms with Crippen molar-refractivity contribution in [3.8, 4) is 0 Å². The second-order valence-electron chi connectivity index (χ2n) is 4.13. The van der Waals surface area contributed by atoms with Crippen molar-refractivity contribution in [2.24, 2.45) is 5.73 Å². The highest BCUT2D eigenvalue weighted by Crippen LogP contribution is 2.24. The third kappa shape index (κ3) is 3.59. The van der Waals surface area contributed by atoms with E-state index in [0.717, 1.165) is 4.47 Å². The van der Waals surface area contributed by atoms with Crippen LogP contribution in [0.3, 0.4) is 0 Å². The first-order chi connectivity index (χ1) is 7.04. The van der Waals surface area contributed by atoms with Crippen LogP contribution in [0.1, 0.15) is 31.0 Å². The molecular weight excluding hydrogens is 252 g/mol. The van der Waals surface area contributed by atoms with Gasteiger partial charge in [-0.15, -0.1) is 0 Å². The third-order valence-corrected chi connectivity index (χ3v) is 2.99. The Bertz CT molecular complexity index is 323. The molecule has 1 rings (SSSR count). The lowest BCUT2D eigenvalue weighted by atomic mass is 10.0. The molecule has 15 heavy (non-hydrogen) atoms. The largest absolute Gasteiger partial charge is 0.329 e. The smallest absolute Gasteiger partial charge is 0.0457 e. The van der Waals surface area contributed by atoms with Gasteiger partial charge in [-0.2, -0.15) is 0 Å². The molecule has 0 saturated carbocycles. The Morgan fingerprint density at radius 3 is 2.53 bits per heavy atom. The molecule has 2 nitrogen and oxygen atoms in total. The van der Waals surface area contributed by atoms with Gasteiger partial charge in [-0.3, -0.25) is 0 Å². The van der Waals surface area contributed by atoms with Crippen molar-refractivity contribution >= 4 is 15.9 Å². The lowest BCUT2D eigenvalue weighted by molar-refractivity contribution is 0.482. The number of nitrogens with one attached hydrogen (secondary N) is 1. The Morgan fingerprint density at radius 2 is 2.07 bits per heavy atom. The first-order valence-corrected chi connectivity index (χ1v) is 6.06. The summed E-state index contributed by atoms with van der Waals surface area (Å²) in [6.45, 7) is 6.96. The number of rotatable bonds is 4. The third-order valence-electron chi connectivity index (χ3n) is 2.30. The lowest BCUT2D eigenvalue weighted by Gasteiger charge is -2.21. The molecule has 3 heteroatoms. The predicted molar refractivity (Wildman–Crippen MR) is 68.9 cm³/mol. The van der Waals surface area contributed by atoms with Crippen LogP contribution in [0.5, 0.6) is 0 Å². The van der Waals surface area contributed by atoms with Gasteiger partial charge in [0.25, 0.3) is 0 Å². The van der Waals surface area contributed by atoms with E-state index < -0.39 is 0 Å². The summed E-state index contributed by atoms with van der Waals surface area (Å²) in [5, 5.41) is 3.45. The van der Waals surface area contributed by atoms with Crippen molar-refractivity contribution in [3.63, 3.8) is 0 Å². The second kappa shape index (κ2) is 5.64. The highest BCUT2D eigenvalue weighted by Gasteiger charge is 2.13. The zero-order valence-electron chi connectivity index (χ0n) is 9.55. The van der Waals surface area contributed by atoms with Gasteiger partial charge in [0.1, 0.15) is 0 Å². The van der Waals surface area contributed by atoms with E-state index in [9.17, 15) is 0 Å². The molecule has 0 aliphatic heterocycles. The van der Waals surface area contributed by atoms with E-state index in [2.05, 4.69) is 60.2 Å². The highest BCUT2D eigenvalue weighted by atomic mass is 79.9. The molecule has 1 aromatic rings. The van der Waals surface area contributed by atoms with Crippen molar-refractivity contribution in [1.29, 1.82) is 0 Å². The molecule has 0 aromatic heterocycles. The SMILES string of the molecule is Cc1ccc(C(CN)NC(C)C)c(Br)c1. The minimum atomic E-state index is 0.222. The van der Waals surface area contributed by atoms with Crippen LogP contribution in [-0.4, -0.2) is 12.6 Å². The average Bonchev–Trinajstić information content (AvgIpc) is 2.14. The van der Waals surface area contributed by atoms with Crippen molar-refractivity contribution in [3.05, 3.63) is 33.8 Å². The number of halogens is 1. The normalized spacial score (nSPS) is 13.2. The molecule has 0 aliphatic carbocycles. The summed E-state index contributed by atoms with van der Waals surface area (Å²) in [6.07, 6.45) is 0. The van der Waals surface area contributed by atoms with Gasteiger partial charge in [0.05, 0.1) is 0 Å². The molecule has 0 radical (unpaired) electrons. The summed E-state index contributed by atoms with van der Waals surface area (Å²) >= 11 is 3.58. The predicted octanol–water partition coefficient (Wildman–Crippen LogP) is 2.76. The number of hydrogen-bond donors (Lipinski definition) is 2. The van der Waals surface area contributed by atoms with Crippen molar-refractivity contribution in [1.82, 2.24) is 5.32 Å². The van der Waals surface area contributed by atoms with E-state index in [1.807, 2.05) is 0 Å². The number of benzene rings is 1. The molecule has 3 N–H and O–H groups in total. The molecule has 1 unspecified atom stereocenters. The summed E-state index contributed by atoms with van der Waals surface area (Å²) in [7, 11) is 0. The summed E-state index contributed by atoms with van der Waals surface area (Å²) < 4.78 is 1.13. The molecule has 1 aromatic carbocycles. The maximum atomic E-state index is 5.78. The first kappa shape index (κ1) is 12.7. The summed E-state index contributed by atoms with van der Waals surface area (Å²) in [5.74, 6) is 0. The number of nitrogens with two attached hydrogens (primary N) is 1. The maximum absolute atomic E-state index is 5.78. The standard InChI is InChI=1S/C12H19BrN2/c1-8(2)15-12(7-14)10-5-4-9(3)6-11(10)13/h4-6,8,12,15H,7,14H2,1-3H3. The van der Waals surface area contributed by atoms with Gasteiger partial charge in [0, 0.05) is 23.1 Å². The van der Waals surface area contributed by atoms with Crippen LogP contribution in [0.4, 0.5) is 0 Å². The molecule has 0 fully saturated rings. The fourth-order valence-electron chi connectivity index (χ4n) is 1.60. The van der Waals surface area contributed by atoms with Crippen LogP contribution < -0.4 is 11.1 Å². The Hall–Kier alpha value is -0.380. The summed E-state index contributed by atoms with van der Waals surface area (Å²) in [5.41, 5.74) is 8.27. The molecule has 1 atom stereocenters. The minimum absolute atomic E-state index is 0.222. The van der Waals surface area contributed by atoms with E-state index in [4.69, 9.17) is 5.73 Å². The van der Waals surface area contributed by atoms with Crippen molar-refractivity contribution < 1.29 is 0 Å². The first-order valence-electron chi connectivity index (χ1n) is 5.26.